The first-order valence-corrected chi connectivity index (χ1v) is 14.0. The number of fused-ring (bicyclic) bond motifs is 4. The van der Waals surface area contributed by atoms with Crippen molar-refractivity contribution < 1.29 is 23.8 Å². The molecule has 2 aliphatic rings. The number of hydrogen-bond acceptors (Lipinski definition) is 5. The molecule has 36 heavy (non-hydrogen) atoms. The lowest BCUT2D eigenvalue weighted by Crippen LogP contribution is -2.46. The summed E-state index contributed by atoms with van der Waals surface area (Å²) in [5.41, 5.74) is 5.36. The first-order valence-electron chi connectivity index (χ1n) is 12.4. The fraction of sp³-hybridized carbons (Fsp3) is 0.444. The quantitative estimate of drug-likeness (QED) is 0.312. The molecule has 0 bridgehead atoms. The molecule has 4 N–H and O–H groups in total. The Morgan fingerprint density at radius 2 is 1.94 bits per heavy atom. The Hall–Kier alpha value is -2.80. The molecule has 3 heterocycles. The van der Waals surface area contributed by atoms with E-state index in [1.165, 1.54) is 0 Å². The van der Waals surface area contributed by atoms with Crippen LogP contribution in [0.15, 0.2) is 42.7 Å². The van der Waals surface area contributed by atoms with Crippen LogP contribution in [-0.4, -0.2) is 33.7 Å². The highest BCUT2D eigenvalue weighted by molar-refractivity contribution is 7.53. The predicted molar refractivity (Wildman–Crippen MR) is 140 cm³/mol. The van der Waals surface area contributed by atoms with Crippen LogP contribution < -0.4 is 14.8 Å². The number of rotatable bonds is 6. The Kier molecular flexibility index (Phi) is 5.98. The zero-order valence-corrected chi connectivity index (χ0v) is 22.2. The molecule has 0 fully saturated rings. The van der Waals surface area contributed by atoms with Gasteiger partial charge in [0.15, 0.2) is 11.5 Å². The highest BCUT2D eigenvalue weighted by atomic mass is 31.2. The molecule has 8 nitrogen and oxygen atoms in total. The van der Waals surface area contributed by atoms with Crippen molar-refractivity contribution in [2.45, 2.75) is 57.1 Å². The van der Waals surface area contributed by atoms with E-state index in [1.54, 1.807) is 13.3 Å². The summed E-state index contributed by atoms with van der Waals surface area (Å²) in [4.78, 5) is 20.6. The van der Waals surface area contributed by atoms with Crippen LogP contribution >= 0.6 is 7.60 Å². The normalized spacial score (nSPS) is 20.4. The van der Waals surface area contributed by atoms with E-state index in [0.29, 0.717) is 30.8 Å². The second-order valence-electron chi connectivity index (χ2n) is 10.4. The molecule has 2 aromatic carbocycles. The van der Waals surface area contributed by atoms with Gasteiger partial charge in [-0.3, -0.25) is 9.66 Å². The van der Waals surface area contributed by atoms with Crippen LogP contribution in [0.1, 0.15) is 63.3 Å². The Morgan fingerprint density at radius 1 is 1.19 bits per heavy atom. The van der Waals surface area contributed by atoms with Gasteiger partial charge >= 0.3 is 7.60 Å². The Balaban J connectivity index is 1.63. The number of nitrogens with zero attached hydrogens (tertiary/aromatic N) is 1. The van der Waals surface area contributed by atoms with Crippen molar-refractivity contribution in [2.24, 2.45) is 5.92 Å². The van der Waals surface area contributed by atoms with Crippen LogP contribution in [0.25, 0.3) is 11.1 Å². The minimum atomic E-state index is -4.38. The fourth-order valence-corrected chi connectivity index (χ4v) is 7.42. The number of aromatic amines is 1. The van der Waals surface area contributed by atoms with E-state index in [0.717, 1.165) is 33.7 Å². The summed E-state index contributed by atoms with van der Waals surface area (Å²) in [7, 11) is -2.74. The zero-order valence-electron chi connectivity index (χ0n) is 21.3. The van der Waals surface area contributed by atoms with Gasteiger partial charge < -0.3 is 24.6 Å². The number of H-pyrrole nitrogens is 1. The van der Waals surface area contributed by atoms with Crippen LogP contribution in [0.2, 0.25) is 0 Å². The molecule has 3 aromatic rings. The van der Waals surface area contributed by atoms with Gasteiger partial charge in [-0.2, -0.15) is 5.10 Å². The van der Waals surface area contributed by atoms with Crippen LogP contribution in [0.5, 0.6) is 11.5 Å². The standard InChI is InChI=1S/C27H34N3O5P/c1-6-27(7-2,36(31,32)33)18-8-9-22-20(12-18)26(3,4)21-15-35-25-19(24(21)30-22)10-16(11-23(25)34-5)17-13-28-29-14-17/h8-14,21,24,30H,6-7,15H2,1-5H3,(H,28,29)(H2,31,32,33)/t21-,24+/m0/s1. The highest BCUT2D eigenvalue weighted by Crippen LogP contribution is 2.62. The molecule has 1 aromatic heterocycles. The molecule has 0 amide bonds. The molecule has 2 aliphatic heterocycles. The van der Waals surface area contributed by atoms with Crippen molar-refractivity contribution in [1.82, 2.24) is 10.2 Å². The minimum absolute atomic E-state index is 0.0215. The summed E-state index contributed by atoms with van der Waals surface area (Å²) in [5.74, 6) is 1.51. The van der Waals surface area contributed by atoms with Gasteiger partial charge in [0.25, 0.3) is 0 Å². The van der Waals surface area contributed by atoms with Gasteiger partial charge in [0.2, 0.25) is 0 Å². The monoisotopic (exact) mass is 511 g/mol. The molecular weight excluding hydrogens is 477 g/mol. The van der Waals surface area contributed by atoms with Crippen molar-refractivity contribution in [3.8, 4) is 22.6 Å². The average Bonchev–Trinajstić information content (AvgIpc) is 3.39. The third-order valence-corrected chi connectivity index (χ3v) is 10.5. The summed E-state index contributed by atoms with van der Waals surface area (Å²) >= 11 is 0. The van der Waals surface area contributed by atoms with E-state index < -0.39 is 12.8 Å². The maximum Gasteiger partial charge on any atom is 0.335 e. The molecule has 0 spiro atoms. The van der Waals surface area contributed by atoms with E-state index >= 15 is 0 Å². The Bertz CT molecular complexity index is 1330. The summed E-state index contributed by atoms with van der Waals surface area (Å²) < 4.78 is 24.7. The third kappa shape index (κ3) is 3.58. The molecule has 0 aliphatic carbocycles. The molecule has 0 radical (unpaired) electrons. The minimum Gasteiger partial charge on any atom is -0.493 e. The molecule has 0 unspecified atom stereocenters. The highest BCUT2D eigenvalue weighted by Gasteiger charge is 2.50. The lowest BCUT2D eigenvalue weighted by molar-refractivity contribution is 0.131. The fourth-order valence-electron chi connectivity index (χ4n) is 6.12. The SMILES string of the molecule is CCC(CC)(c1ccc2c(c1)C(C)(C)[C@H]1COc3c(OC)cc(-c4cn[nH]c4)cc3[C@H]1N2)P(=O)(O)O. The number of nitrogens with one attached hydrogen (secondary N) is 2. The van der Waals surface area contributed by atoms with Crippen molar-refractivity contribution in [1.29, 1.82) is 0 Å². The Labute approximate surface area is 211 Å². The van der Waals surface area contributed by atoms with Gasteiger partial charge in [0.1, 0.15) is 0 Å². The average molecular weight is 512 g/mol. The van der Waals surface area contributed by atoms with Crippen molar-refractivity contribution in [2.75, 3.05) is 19.0 Å². The van der Waals surface area contributed by atoms with E-state index in [9.17, 15) is 14.4 Å². The van der Waals surface area contributed by atoms with Gasteiger partial charge in [0, 0.05) is 34.3 Å². The second kappa shape index (κ2) is 8.65. The lowest BCUT2D eigenvalue weighted by Gasteiger charge is -2.49. The Morgan fingerprint density at radius 3 is 2.56 bits per heavy atom. The number of ether oxygens (including phenoxy) is 2. The zero-order chi connectivity index (χ0) is 25.9. The van der Waals surface area contributed by atoms with Crippen LogP contribution in [0.4, 0.5) is 5.69 Å². The molecular formula is C27H34N3O5P. The lowest BCUT2D eigenvalue weighted by atomic mass is 9.64. The number of hydrogen-bond donors (Lipinski definition) is 4. The van der Waals surface area contributed by atoms with Gasteiger partial charge in [-0.05, 0) is 47.7 Å². The molecule has 2 atom stereocenters. The van der Waals surface area contributed by atoms with E-state index in [-0.39, 0.29) is 17.4 Å². The van der Waals surface area contributed by atoms with Gasteiger partial charge in [-0.1, -0.05) is 39.8 Å². The molecule has 0 saturated heterocycles. The van der Waals surface area contributed by atoms with Crippen LogP contribution in [0.3, 0.4) is 0 Å². The summed E-state index contributed by atoms with van der Waals surface area (Å²) in [6.45, 7) is 8.57. The predicted octanol–water partition coefficient (Wildman–Crippen LogP) is 5.73. The molecule has 192 valence electrons. The maximum absolute atomic E-state index is 12.6. The van der Waals surface area contributed by atoms with Crippen molar-refractivity contribution >= 4 is 13.3 Å². The van der Waals surface area contributed by atoms with Crippen molar-refractivity contribution in [3.05, 3.63) is 59.4 Å². The molecule has 0 saturated carbocycles. The third-order valence-electron chi connectivity index (χ3n) is 8.50. The van der Waals surface area contributed by atoms with E-state index in [4.69, 9.17) is 9.47 Å². The van der Waals surface area contributed by atoms with Crippen molar-refractivity contribution in [3.63, 3.8) is 0 Å². The number of methoxy groups -OCH3 is 1. The summed E-state index contributed by atoms with van der Waals surface area (Å²) in [6.07, 6.45) is 4.36. The number of benzene rings is 2. The molecule has 9 heteroatoms. The first-order chi connectivity index (χ1) is 17.1. The van der Waals surface area contributed by atoms with E-state index in [2.05, 4.69) is 35.4 Å². The second-order valence-corrected chi connectivity index (χ2v) is 12.3. The number of anilines is 1. The first kappa shape index (κ1) is 24.9. The van der Waals surface area contributed by atoms with E-state index in [1.807, 2.05) is 44.3 Å². The maximum atomic E-state index is 12.6. The van der Waals surface area contributed by atoms with Gasteiger partial charge in [-0.25, -0.2) is 0 Å². The smallest absolute Gasteiger partial charge is 0.335 e. The topological polar surface area (TPSA) is 117 Å². The largest absolute Gasteiger partial charge is 0.493 e. The van der Waals surface area contributed by atoms with Crippen LogP contribution in [0, 0.1) is 5.92 Å². The van der Waals surface area contributed by atoms with Crippen LogP contribution in [-0.2, 0) is 15.1 Å². The number of aromatic nitrogens is 2. The molecule has 5 rings (SSSR count). The van der Waals surface area contributed by atoms with Gasteiger partial charge in [0.05, 0.1) is 31.1 Å². The summed E-state index contributed by atoms with van der Waals surface area (Å²) in [5, 5.41) is 9.50. The summed E-state index contributed by atoms with van der Waals surface area (Å²) in [6, 6.07) is 9.93. The van der Waals surface area contributed by atoms with Gasteiger partial charge in [-0.15, -0.1) is 0 Å².